The zero-order chi connectivity index (χ0) is 24.2. The summed E-state index contributed by atoms with van der Waals surface area (Å²) in [5, 5.41) is 5.31. The Labute approximate surface area is 192 Å². The van der Waals surface area contributed by atoms with Gasteiger partial charge in [-0.3, -0.25) is 23.5 Å². The molecule has 0 saturated heterocycles. The molecule has 0 saturated carbocycles. The minimum absolute atomic E-state index is 0.0321. The van der Waals surface area contributed by atoms with Gasteiger partial charge in [-0.25, -0.2) is 14.2 Å². The Balaban J connectivity index is 1.68. The summed E-state index contributed by atoms with van der Waals surface area (Å²) in [7, 11) is 0. The minimum atomic E-state index is -0.697. The molecular weight excluding hydrogens is 441 g/mol. The van der Waals surface area contributed by atoms with E-state index in [1.165, 1.54) is 48.0 Å². The van der Waals surface area contributed by atoms with Crippen LogP contribution in [0.2, 0.25) is 0 Å². The maximum Gasteiger partial charge on any atom is 0.332 e. The fourth-order valence-electron chi connectivity index (χ4n) is 3.53. The van der Waals surface area contributed by atoms with Gasteiger partial charge in [-0.1, -0.05) is 18.2 Å². The maximum absolute atomic E-state index is 13.3. The number of fused-ring (bicyclic) bond motifs is 1. The molecule has 172 valence electrons. The largest absolute Gasteiger partial charge is 0.332 e. The molecule has 0 spiro atoms. The third-order valence-electron chi connectivity index (χ3n) is 5.01. The quantitative estimate of drug-likeness (QED) is 0.457. The third kappa shape index (κ3) is 4.90. The van der Waals surface area contributed by atoms with Crippen LogP contribution in [0.15, 0.2) is 76.4 Å². The molecule has 4 rings (SSSR count). The van der Waals surface area contributed by atoms with E-state index in [0.717, 1.165) is 4.57 Å². The number of carbonyl (C=O) groups excluding carboxylic acids is 2. The second kappa shape index (κ2) is 9.49. The van der Waals surface area contributed by atoms with Crippen LogP contribution in [0.1, 0.15) is 12.5 Å². The number of pyridine rings is 1. The number of nitrogens with zero attached hydrogens (tertiary/aromatic N) is 3. The van der Waals surface area contributed by atoms with Crippen molar-refractivity contribution in [3.8, 4) is 0 Å². The van der Waals surface area contributed by atoms with E-state index < -0.39 is 23.0 Å². The van der Waals surface area contributed by atoms with Crippen molar-refractivity contribution in [3.63, 3.8) is 0 Å². The van der Waals surface area contributed by atoms with Gasteiger partial charge in [0.15, 0.2) is 5.52 Å². The summed E-state index contributed by atoms with van der Waals surface area (Å²) in [5.74, 6) is -1.20. The lowest BCUT2D eigenvalue weighted by Crippen LogP contribution is -2.42. The smallest absolute Gasteiger partial charge is 0.326 e. The van der Waals surface area contributed by atoms with Gasteiger partial charge < -0.3 is 10.6 Å². The summed E-state index contributed by atoms with van der Waals surface area (Å²) in [6.45, 7) is 0.887. The average Bonchev–Trinajstić information content (AvgIpc) is 2.80. The van der Waals surface area contributed by atoms with Crippen molar-refractivity contribution in [3.05, 3.63) is 99.1 Å². The first-order valence-corrected chi connectivity index (χ1v) is 10.3. The van der Waals surface area contributed by atoms with Gasteiger partial charge in [0, 0.05) is 24.5 Å². The molecule has 2 amide bonds. The minimum Gasteiger partial charge on any atom is -0.326 e. The summed E-state index contributed by atoms with van der Waals surface area (Å²) < 4.78 is 15.4. The Morgan fingerprint density at radius 1 is 0.941 bits per heavy atom. The SMILES string of the molecule is CC(=O)Nc1cccc(NC(=O)Cn2c(=O)n(Cc3ccc(F)cc3)c(=O)c3ncccc32)c1. The van der Waals surface area contributed by atoms with Gasteiger partial charge in [0.1, 0.15) is 12.4 Å². The molecule has 10 heteroatoms. The topological polar surface area (TPSA) is 115 Å². The second-order valence-corrected chi connectivity index (χ2v) is 7.57. The molecule has 0 radical (unpaired) electrons. The first-order chi connectivity index (χ1) is 16.3. The van der Waals surface area contributed by atoms with Crippen molar-refractivity contribution >= 4 is 34.2 Å². The molecule has 0 aliphatic carbocycles. The van der Waals surface area contributed by atoms with Crippen molar-refractivity contribution in [1.82, 2.24) is 14.1 Å². The van der Waals surface area contributed by atoms with Crippen molar-refractivity contribution in [1.29, 1.82) is 0 Å². The van der Waals surface area contributed by atoms with Gasteiger partial charge in [-0.05, 0) is 48.0 Å². The molecule has 2 aromatic carbocycles. The standard InChI is InChI=1S/C24H20FN5O4/c1-15(31)27-18-4-2-5-19(12-18)28-21(32)14-29-20-6-3-11-26-22(20)23(33)30(24(29)34)13-16-7-9-17(25)10-8-16/h2-12H,13-14H2,1H3,(H,27,31)(H,28,32). The molecule has 2 N–H and O–H groups in total. The number of anilines is 2. The van der Waals surface area contributed by atoms with Crippen LogP contribution in [0, 0.1) is 5.82 Å². The third-order valence-corrected chi connectivity index (χ3v) is 5.01. The summed E-state index contributed by atoms with van der Waals surface area (Å²) >= 11 is 0. The average molecular weight is 461 g/mol. The summed E-state index contributed by atoms with van der Waals surface area (Å²) in [6, 6.07) is 15.1. The van der Waals surface area contributed by atoms with Crippen molar-refractivity contribution in [2.45, 2.75) is 20.0 Å². The summed E-state index contributed by atoms with van der Waals surface area (Å²) in [6.07, 6.45) is 1.42. The Bertz CT molecular complexity index is 1510. The van der Waals surface area contributed by atoms with Crippen molar-refractivity contribution < 1.29 is 14.0 Å². The number of aromatic nitrogens is 3. The van der Waals surface area contributed by atoms with Crippen molar-refractivity contribution in [2.24, 2.45) is 0 Å². The van der Waals surface area contributed by atoms with E-state index in [9.17, 15) is 23.6 Å². The Morgan fingerprint density at radius 3 is 2.35 bits per heavy atom. The highest BCUT2D eigenvalue weighted by atomic mass is 19.1. The molecule has 2 aromatic heterocycles. The lowest BCUT2D eigenvalue weighted by Gasteiger charge is -2.14. The van der Waals surface area contributed by atoms with Gasteiger partial charge in [0.05, 0.1) is 12.1 Å². The molecule has 9 nitrogen and oxygen atoms in total. The predicted octanol–water partition coefficient (Wildman–Crippen LogP) is 2.34. The zero-order valence-electron chi connectivity index (χ0n) is 18.1. The van der Waals surface area contributed by atoms with E-state index in [1.807, 2.05) is 0 Å². The van der Waals surface area contributed by atoms with E-state index in [1.54, 1.807) is 30.3 Å². The van der Waals surface area contributed by atoms with E-state index in [0.29, 0.717) is 16.9 Å². The molecule has 0 aliphatic heterocycles. The van der Waals surface area contributed by atoms with Gasteiger partial charge in [-0.2, -0.15) is 0 Å². The molecule has 0 aliphatic rings. The number of amides is 2. The van der Waals surface area contributed by atoms with Gasteiger partial charge >= 0.3 is 5.69 Å². The fourth-order valence-corrected chi connectivity index (χ4v) is 3.53. The maximum atomic E-state index is 13.3. The monoisotopic (exact) mass is 461 g/mol. The van der Waals surface area contributed by atoms with Gasteiger partial charge in [-0.15, -0.1) is 0 Å². The fraction of sp³-hybridized carbons (Fsp3) is 0.125. The molecule has 0 unspecified atom stereocenters. The molecule has 4 aromatic rings. The summed E-state index contributed by atoms with van der Waals surface area (Å²) in [4.78, 5) is 54.4. The second-order valence-electron chi connectivity index (χ2n) is 7.57. The number of halogens is 1. The number of benzene rings is 2. The van der Waals surface area contributed by atoms with Crippen LogP contribution in [0.25, 0.3) is 11.0 Å². The Morgan fingerprint density at radius 2 is 1.65 bits per heavy atom. The van der Waals surface area contributed by atoms with E-state index in [-0.39, 0.29) is 30.0 Å². The number of hydrogen-bond acceptors (Lipinski definition) is 5. The number of nitrogens with one attached hydrogen (secondary N) is 2. The lowest BCUT2D eigenvalue weighted by molar-refractivity contribution is -0.117. The highest BCUT2D eigenvalue weighted by Gasteiger charge is 2.17. The predicted molar refractivity (Wildman–Crippen MR) is 125 cm³/mol. The van der Waals surface area contributed by atoms with Crippen molar-refractivity contribution in [2.75, 3.05) is 10.6 Å². The molecule has 2 heterocycles. The highest BCUT2D eigenvalue weighted by molar-refractivity contribution is 5.93. The van der Waals surface area contributed by atoms with Crippen LogP contribution in [-0.4, -0.2) is 25.9 Å². The van der Waals surface area contributed by atoms with Gasteiger partial charge in [0.2, 0.25) is 11.8 Å². The summed E-state index contributed by atoms with van der Waals surface area (Å²) in [5.41, 5.74) is 0.416. The number of hydrogen-bond donors (Lipinski definition) is 2. The van der Waals surface area contributed by atoms with Gasteiger partial charge in [0.25, 0.3) is 5.56 Å². The first-order valence-electron chi connectivity index (χ1n) is 10.3. The normalized spacial score (nSPS) is 10.8. The van der Waals surface area contributed by atoms with E-state index >= 15 is 0 Å². The van der Waals surface area contributed by atoms with Crippen LogP contribution in [0.3, 0.4) is 0 Å². The highest BCUT2D eigenvalue weighted by Crippen LogP contribution is 2.15. The molecule has 0 bridgehead atoms. The molecule has 0 fully saturated rings. The zero-order valence-corrected chi connectivity index (χ0v) is 18.1. The van der Waals surface area contributed by atoms with Crippen LogP contribution in [0.4, 0.5) is 15.8 Å². The molecule has 34 heavy (non-hydrogen) atoms. The lowest BCUT2D eigenvalue weighted by atomic mass is 10.2. The Hall–Kier alpha value is -4.60. The molecular formula is C24H20FN5O4. The number of rotatable bonds is 6. The van der Waals surface area contributed by atoms with Crippen LogP contribution >= 0.6 is 0 Å². The number of carbonyl (C=O) groups is 2. The first kappa shape index (κ1) is 22.6. The van der Waals surface area contributed by atoms with Crippen LogP contribution in [0.5, 0.6) is 0 Å². The van der Waals surface area contributed by atoms with E-state index in [2.05, 4.69) is 15.6 Å². The van der Waals surface area contributed by atoms with Crippen LogP contribution < -0.4 is 21.9 Å². The Kier molecular flexibility index (Phi) is 6.30. The van der Waals surface area contributed by atoms with E-state index in [4.69, 9.17) is 0 Å². The van der Waals surface area contributed by atoms with Crippen LogP contribution in [-0.2, 0) is 22.7 Å². The molecule has 0 atom stereocenters.